The fourth-order valence-electron chi connectivity index (χ4n) is 1.66. The maximum atomic E-state index is 5.78. The lowest BCUT2D eigenvalue weighted by atomic mass is 9.85. The first-order valence-corrected chi connectivity index (χ1v) is 6.04. The molecule has 0 aromatic heterocycles. The molecule has 0 fully saturated rings. The fraction of sp³-hybridized carbons (Fsp3) is 0.467. The van der Waals surface area contributed by atoms with Crippen molar-refractivity contribution in [1.82, 2.24) is 0 Å². The number of rotatable bonds is 4. The summed E-state index contributed by atoms with van der Waals surface area (Å²) in [5.74, 6) is 0.963. The van der Waals surface area contributed by atoms with Gasteiger partial charge in [-0.1, -0.05) is 50.6 Å². The van der Waals surface area contributed by atoms with Crippen molar-refractivity contribution in [3.05, 3.63) is 41.5 Å². The summed E-state index contributed by atoms with van der Waals surface area (Å²) in [6, 6.07) is 6.32. The zero-order chi connectivity index (χ0) is 12.9. The van der Waals surface area contributed by atoms with E-state index in [-0.39, 0.29) is 5.41 Å². The molecule has 0 atom stereocenters. The fourth-order valence-corrected chi connectivity index (χ4v) is 1.66. The predicted molar refractivity (Wildman–Crippen MR) is 73.6 cm³/mol. The maximum absolute atomic E-state index is 5.78. The van der Waals surface area contributed by atoms with Gasteiger partial charge in [-0.25, -0.2) is 0 Å². The van der Waals surface area contributed by atoms with Crippen molar-refractivity contribution in [1.29, 1.82) is 0 Å². The third-order valence-electron chi connectivity index (χ3n) is 2.58. The van der Waals surface area contributed by atoms with Crippen LogP contribution in [-0.2, 0) is 5.41 Å². The minimum Gasteiger partial charge on any atom is -0.489 e. The second kappa shape index (κ2) is 5.87. The number of ether oxygens (including phenoxy) is 1. The van der Waals surface area contributed by atoms with Crippen LogP contribution in [0.15, 0.2) is 30.4 Å². The van der Waals surface area contributed by atoms with Crippen molar-refractivity contribution < 1.29 is 4.74 Å². The van der Waals surface area contributed by atoms with Gasteiger partial charge in [-0.15, -0.1) is 0 Å². The molecule has 0 saturated heterocycles. The van der Waals surface area contributed by atoms with Crippen molar-refractivity contribution in [2.75, 3.05) is 13.2 Å². The van der Waals surface area contributed by atoms with Crippen LogP contribution in [0.25, 0.3) is 0 Å². The summed E-state index contributed by atoms with van der Waals surface area (Å²) in [6.45, 7) is 9.83. The van der Waals surface area contributed by atoms with E-state index in [0.717, 1.165) is 5.75 Å². The van der Waals surface area contributed by atoms with Gasteiger partial charge in [0.15, 0.2) is 0 Å². The molecule has 0 heterocycles. The SMILES string of the molecule is Cc1ccc(OCC=CCN)c(C(C)(C)C)c1. The molecule has 94 valence electrons. The predicted octanol–water partition coefficient (Wildman–Crippen LogP) is 3.19. The third kappa shape index (κ3) is 4.23. The Balaban J connectivity index is 2.87. The van der Waals surface area contributed by atoms with Gasteiger partial charge in [0.2, 0.25) is 0 Å². The Morgan fingerprint density at radius 1 is 1.24 bits per heavy atom. The molecule has 0 saturated carbocycles. The molecule has 17 heavy (non-hydrogen) atoms. The third-order valence-corrected chi connectivity index (χ3v) is 2.58. The normalized spacial score (nSPS) is 12.1. The Kier molecular flexibility index (Phi) is 4.76. The van der Waals surface area contributed by atoms with Crippen LogP contribution in [0.5, 0.6) is 5.75 Å². The average molecular weight is 233 g/mol. The van der Waals surface area contributed by atoms with Crippen LogP contribution in [0.4, 0.5) is 0 Å². The molecule has 0 bridgehead atoms. The molecule has 0 aliphatic heterocycles. The van der Waals surface area contributed by atoms with Gasteiger partial charge in [-0.05, 0) is 24.0 Å². The first kappa shape index (κ1) is 13.8. The lowest BCUT2D eigenvalue weighted by Gasteiger charge is -2.23. The molecule has 0 spiro atoms. The van der Waals surface area contributed by atoms with Gasteiger partial charge < -0.3 is 10.5 Å². The summed E-state index contributed by atoms with van der Waals surface area (Å²) in [7, 11) is 0. The first-order valence-electron chi connectivity index (χ1n) is 6.04. The molecule has 1 aromatic carbocycles. The Morgan fingerprint density at radius 3 is 2.53 bits per heavy atom. The smallest absolute Gasteiger partial charge is 0.123 e. The van der Waals surface area contributed by atoms with Crippen LogP contribution in [-0.4, -0.2) is 13.2 Å². The van der Waals surface area contributed by atoms with Gasteiger partial charge in [0.1, 0.15) is 12.4 Å². The molecule has 0 aliphatic rings. The number of nitrogens with two attached hydrogens (primary N) is 1. The summed E-state index contributed by atoms with van der Waals surface area (Å²) < 4.78 is 5.78. The summed E-state index contributed by atoms with van der Waals surface area (Å²) in [4.78, 5) is 0. The largest absolute Gasteiger partial charge is 0.489 e. The van der Waals surface area contributed by atoms with E-state index in [1.807, 2.05) is 18.2 Å². The van der Waals surface area contributed by atoms with Gasteiger partial charge in [-0.2, -0.15) is 0 Å². The molecule has 0 unspecified atom stereocenters. The van der Waals surface area contributed by atoms with Gasteiger partial charge in [0.25, 0.3) is 0 Å². The van der Waals surface area contributed by atoms with Crippen LogP contribution >= 0.6 is 0 Å². The maximum Gasteiger partial charge on any atom is 0.123 e. The Hall–Kier alpha value is -1.28. The van der Waals surface area contributed by atoms with Crippen LogP contribution in [0.2, 0.25) is 0 Å². The number of hydrogen-bond acceptors (Lipinski definition) is 2. The monoisotopic (exact) mass is 233 g/mol. The summed E-state index contributed by atoms with van der Waals surface area (Å²) in [5, 5.41) is 0. The van der Waals surface area contributed by atoms with E-state index in [2.05, 4.69) is 39.8 Å². The molecular weight excluding hydrogens is 210 g/mol. The molecule has 0 aliphatic carbocycles. The molecule has 2 nitrogen and oxygen atoms in total. The van der Waals surface area contributed by atoms with Crippen molar-refractivity contribution in [3.63, 3.8) is 0 Å². The molecular formula is C15H23NO. The number of aryl methyl sites for hydroxylation is 1. The second-order valence-electron chi connectivity index (χ2n) is 5.27. The topological polar surface area (TPSA) is 35.2 Å². The highest BCUT2D eigenvalue weighted by molar-refractivity contribution is 5.41. The van der Waals surface area contributed by atoms with E-state index >= 15 is 0 Å². The minimum absolute atomic E-state index is 0.0962. The van der Waals surface area contributed by atoms with Crippen LogP contribution in [0.3, 0.4) is 0 Å². The van der Waals surface area contributed by atoms with Crippen LogP contribution in [0.1, 0.15) is 31.9 Å². The molecule has 0 amide bonds. The Bertz CT molecular complexity index is 388. The van der Waals surface area contributed by atoms with Gasteiger partial charge in [0.05, 0.1) is 0 Å². The minimum atomic E-state index is 0.0962. The molecule has 2 N–H and O–H groups in total. The first-order chi connectivity index (χ1) is 7.95. The van der Waals surface area contributed by atoms with E-state index < -0.39 is 0 Å². The summed E-state index contributed by atoms with van der Waals surface area (Å²) in [6.07, 6.45) is 3.86. The molecule has 2 heteroatoms. The summed E-state index contributed by atoms with van der Waals surface area (Å²) in [5.41, 5.74) is 7.99. The average Bonchev–Trinajstić information content (AvgIpc) is 2.25. The molecule has 0 radical (unpaired) electrons. The molecule has 1 rings (SSSR count). The highest BCUT2D eigenvalue weighted by Crippen LogP contribution is 2.32. The summed E-state index contributed by atoms with van der Waals surface area (Å²) >= 11 is 0. The van der Waals surface area contributed by atoms with Crippen LogP contribution in [0, 0.1) is 6.92 Å². The van der Waals surface area contributed by atoms with Gasteiger partial charge >= 0.3 is 0 Å². The molecule has 1 aromatic rings. The van der Waals surface area contributed by atoms with E-state index in [4.69, 9.17) is 10.5 Å². The van der Waals surface area contributed by atoms with Gasteiger partial charge in [0, 0.05) is 6.54 Å². The van der Waals surface area contributed by atoms with E-state index in [9.17, 15) is 0 Å². The number of hydrogen-bond donors (Lipinski definition) is 1. The number of benzene rings is 1. The lowest BCUT2D eigenvalue weighted by molar-refractivity contribution is 0.350. The van der Waals surface area contributed by atoms with Crippen molar-refractivity contribution in [2.45, 2.75) is 33.1 Å². The second-order valence-corrected chi connectivity index (χ2v) is 5.27. The zero-order valence-electron chi connectivity index (χ0n) is 11.3. The van der Waals surface area contributed by atoms with E-state index in [0.29, 0.717) is 13.2 Å². The van der Waals surface area contributed by atoms with Crippen LogP contribution < -0.4 is 10.5 Å². The quantitative estimate of drug-likeness (QED) is 0.811. The lowest BCUT2D eigenvalue weighted by Crippen LogP contribution is -2.14. The zero-order valence-corrected chi connectivity index (χ0v) is 11.3. The standard InChI is InChI=1S/C15H23NO/c1-12-7-8-14(17-10-6-5-9-16)13(11-12)15(2,3)4/h5-8,11H,9-10,16H2,1-4H3. The Labute approximate surface area is 104 Å². The van der Waals surface area contributed by atoms with Crippen molar-refractivity contribution in [3.8, 4) is 5.75 Å². The van der Waals surface area contributed by atoms with E-state index in [1.54, 1.807) is 0 Å². The Morgan fingerprint density at radius 2 is 1.94 bits per heavy atom. The van der Waals surface area contributed by atoms with E-state index in [1.165, 1.54) is 11.1 Å². The van der Waals surface area contributed by atoms with Crippen molar-refractivity contribution >= 4 is 0 Å². The highest BCUT2D eigenvalue weighted by Gasteiger charge is 2.18. The highest BCUT2D eigenvalue weighted by atomic mass is 16.5. The van der Waals surface area contributed by atoms with Gasteiger partial charge in [-0.3, -0.25) is 0 Å². The van der Waals surface area contributed by atoms with Crippen molar-refractivity contribution in [2.24, 2.45) is 5.73 Å².